The molecule has 1 aromatic rings. The Balaban J connectivity index is 3.62. The van der Waals surface area contributed by atoms with Crippen LogP contribution in [0.5, 0.6) is 5.75 Å². The van der Waals surface area contributed by atoms with Crippen LogP contribution in [0, 0.1) is 0 Å². The summed E-state index contributed by atoms with van der Waals surface area (Å²) in [5.41, 5.74) is -8.45. The zero-order chi connectivity index (χ0) is 25.6. The molecule has 0 radical (unpaired) electrons. The highest BCUT2D eigenvalue weighted by Crippen LogP contribution is 2.62. The Hall–Kier alpha value is -2.33. The Labute approximate surface area is 173 Å². The first-order valence-electron chi connectivity index (χ1n) is 7.36. The molecule has 0 unspecified atom stereocenters. The monoisotopic (exact) mass is 519 g/mol. The quantitative estimate of drug-likeness (QED) is 0.446. The van der Waals surface area contributed by atoms with E-state index >= 15 is 0 Å². The van der Waals surface area contributed by atoms with Crippen LogP contribution >= 0.6 is 11.6 Å². The van der Waals surface area contributed by atoms with Crippen LogP contribution in [0.4, 0.5) is 67.6 Å². The summed E-state index contributed by atoms with van der Waals surface area (Å²) < 4.78 is 177. The van der Waals surface area contributed by atoms with E-state index in [-0.39, 0.29) is 5.75 Å². The number of halogens is 14. The second-order valence-electron chi connectivity index (χ2n) is 5.69. The summed E-state index contributed by atoms with van der Waals surface area (Å²) in [6, 6.07) is 2.13. The summed E-state index contributed by atoms with van der Waals surface area (Å²) in [7, 11) is 1.06. The molecule has 0 aliphatic heterocycles. The molecule has 0 atom stereocenters. The molecule has 0 aliphatic carbocycles. The van der Waals surface area contributed by atoms with E-state index in [1.807, 2.05) is 0 Å². The standard InChI is InChI=1S/C14H7ClF13NO3/c1-31-7-3-2-5(4-6(7)15)29-8(30)32-9(12(20,21)22,13(23,24)25)10(16,17)11(18,19)14(26,27)28/h2-4H,1H3,(H,29,30). The Morgan fingerprint density at radius 3 is 1.62 bits per heavy atom. The molecule has 1 N–H and O–H groups in total. The molecule has 0 aromatic heterocycles. The zero-order valence-corrected chi connectivity index (χ0v) is 15.5. The summed E-state index contributed by atoms with van der Waals surface area (Å²) in [5.74, 6) is -16.2. The van der Waals surface area contributed by atoms with Gasteiger partial charge < -0.3 is 9.47 Å². The van der Waals surface area contributed by atoms with Gasteiger partial charge in [0.05, 0.1) is 12.1 Å². The van der Waals surface area contributed by atoms with Gasteiger partial charge in [-0.25, -0.2) is 4.79 Å². The van der Waals surface area contributed by atoms with Crippen molar-refractivity contribution in [3.05, 3.63) is 23.2 Å². The summed E-state index contributed by atoms with van der Waals surface area (Å²) in [6.07, 6.45) is -26.1. The first-order chi connectivity index (χ1) is 14.1. The second-order valence-corrected chi connectivity index (χ2v) is 6.09. The van der Waals surface area contributed by atoms with Crippen LogP contribution in [-0.4, -0.2) is 49.2 Å². The molecule has 4 nitrogen and oxygen atoms in total. The number of hydrogen-bond acceptors (Lipinski definition) is 3. The van der Waals surface area contributed by atoms with Crippen molar-refractivity contribution in [2.45, 2.75) is 36.0 Å². The molecule has 1 aromatic carbocycles. The highest BCUT2D eigenvalue weighted by molar-refractivity contribution is 6.32. The van der Waals surface area contributed by atoms with Gasteiger partial charge in [-0.3, -0.25) is 5.32 Å². The lowest BCUT2D eigenvalue weighted by Crippen LogP contribution is -2.76. The third-order valence-corrected chi connectivity index (χ3v) is 3.93. The third-order valence-electron chi connectivity index (χ3n) is 3.63. The van der Waals surface area contributed by atoms with E-state index in [0.717, 1.165) is 18.5 Å². The number of amides is 1. The Morgan fingerprint density at radius 1 is 0.812 bits per heavy atom. The highest BCUT2D eigenvalue weighted by atomic mass is 35.5. The summed E-state index contributed by atoms with van der Waals surface area (Å²) >= 11 is 5.55. The molecule has 0 saturated heterocycles. The smallest absolute Gasteiger partial charge is 0.460 e. The molecular weight excluding hydrogens is 513 g/mol. The van der Waals surface area contributed by atoms with Crippen molar-refractivity contribution in [3.63, 3.8) is 0 Å². The number of carbonyl (C=O) groups is 1. The van der Waals surface area contributed by atoms with Crippen molar-refractivity contribution < 1.29 is 71.3 Å². The van der Waals surface area contributed by atoms with Gasteiger partial charge in [-0.05, 0) is 18.2 Å². The summed E-state index contributed by atoms with van der Waals surface area (Å²) in [6.45, 7) is 0. The van der Waals surface area contributed by atoms with E-state index < -0.39 is 52.8 Å². The molecule has 0 fully saturated rings. The van der Waals surface area contributed by atoms with Crippen molar-refractivity contribution in [2.75, 3.05) is 12.4 Å². The lowest BCUT2D eigenvalue weighted by Gasteiger charge is -2.43. The number of benzene rings is 1. The topological polar surface area (TPSA) is 47.6 Å². The fraction of sp³-hybridized carbons (Fsp3) is 0.500. The number of hydrogen-bond donors (Lipinski definition) is 1. The van der Waals surface area contributed by atoms with Gasteiger partial charge in [0.25, 0.3) is 0 Å². The minimum Gasteiger partial charge on any atom is -0.495 e. The zero-order valence-electron chi connectivity index (χ0n) is 14.7. The maximum atomic E-state index is 13.8. The lowest BCUT2D eigenvalue weighted by atomic mass is 9.88. The number of ether oxygens (including phenoxy) is 2. The number of methoxy groups -OCH3 is 1. The Morgan fingerprint density at radius 2 is 1.28 bits per heavy atom. The van der Waals surface area contributed by atoms with Gasteiger partial charge in [-0.2, -0.15) is 57.1 Å². The number of nitrogens with one attached hydrogen (secondary N) is 1. The molecule has 0 saturated carbocycles. The van der Waals surface area contributed by atoms with Crippen LogP contribution in [0.25, 0.3) is 0 Å². The van der Waals surface area contributed by atoms with Crippen LogP contribution in [0.2, 0.25) is 5.02 Å². The van der Waals surface area contributed by atoms with Gasteiger partial charge in [0.1, 0.15) is 5.75 Å². The van der Waals surface area contributed by atoms with E-state index in [4.69, 9.17) is 11.6 Å². The van der Waals surface area contributed by atoms with Gasteiger partial charge in [-0.1, -0.05) is 11.6 Å². The fourth-order valence-corrected chi connectivity index (χ4v) is 2.38. The maximum Gasteiger partial charge on any atom is 0.460 e. The van der Waals surface area contributed by atoms with Crippen molar-refractivity contribution in [2.24, 2.45) is 0 Å². The molecule has 0 spiro atoms. The molecular formula is C14H7ClF13NO3. The number of alkyl halides is 13. The van der Waals surface area contributed by atoms with Crippen LogP contribution in [0.3, 0.4) is 0 Å². The normalized spacial score (nSPS) is 14.2. The van der Waals surface area contributed by atoms with Gasteiger partial charge in [0.2, 0.25) is 0 Å². The van der Waals surface area contributed by atoms with Crippen LogP contribution in [0.1, 0.15) is 0 Å². The minimum atomic E-state index is -8.11. The third kappa shape index (κ3) is 4.43. The average molecular weight is 520 g/mol. The van der Waals surface area contributed by atoms with Gasteiger partial charge in [-0.15, -0.1) is 0 Å². The van der Waals surface area contributed by atoms with Crippen LogP contribution in [-0.2, 0) is 4.74 Å². The molecule has 32 heavy (non-hydrogen) atoms. The highest BCUT2D eigenvalue weighted by Gasteiger charge is 2.95. The predicted octanol–water partition coefficient (Wildman–Crippen LogP) is 6.59. The molecule has 1 rings (SSSR count). The van der Waals surface area contributed by atoms with E-state index in [0.29, 0.717) is 12.1 Å². The first kappa shape index (κ1) is 27.7. The number of rotatable bonds is 5. The summed E-state index contributed by atoms with van der Waals surface area (Å²) in [5, 5.41) is 0.602. The fourth-order valence-electron chi connectivity index (χ4n) is 2.12. The van der Waals surface area contributed by atoms with Crippen molar-refractivity contribution in [1.82, 2.24) is 0 Å². The molecule has 0 bridgehead atoms. The van der Waals surface area contributed by atoms with Crippen molar-refractivity contribution in [3.8, 4) is 5.75 Å². The van der Waals surface area contributed by atoms with Gasteiger partial charge >= 0.3 is 42.1 Å². The van der Waals surface area contributed by atoms with E-state index in [1.54, 1.807) is 0 Å². The molecule has 18 heteroatoms. The number of carbonyl (C=O) groups excluding carboxylic acids is 1. The Kier molecular flexibility index (Phi) is 7.12. The Bertz CT molecular complexity index is 834. The van der Waals surface area contributed by atoms with Gasteiger partial charge in [0.15, 0.2) is 0 Å². The van der Waals surface area contributed by atoms with Crippen LogP contribution in [0.15, 0.2) is 18.2 Å². The van der Waals surface area contributed by atoms with Crippen LogP contribution < -0.4 is 10.1 Å². The molecule has 0 aliphatic rings. The van der Waals surface area contributed by atoms with E-state index in [2.05, 4.69) is 9.47 Å². The second kappa shape index (κ2) is 8.22. The maximum absolute atomic E-state index is 13.8. The minimum absolute atomic E-state index is 0.151. The average Bonchev–Trinajstić information content (AvgIpc) is 2.56. The lowest BCUT2D eigenvalue weighted by molar-refractivity contribution is -0.470. The van der Waals surface area contributed by atoms with E-state index in [1.165, 1.54) is 0 Å². The molecule has 1 amide bonds. The first-order valence-corrected chi connectivity index (χ1v) is 7.74. The largest absolute Gasteiger partial charge is 0.495 e. The van der Waals surface area contributed by atoms with Crippen molar-refractivity contribution in [1.29, 1.82) is 0 Å². The van der Waals surface area contributed by atoms with E-state index in [9.17, 15) is 61.9 Å². The predicted molar refractivity (Wildman–Crippen MR) is 78.9 cm³/mol. The molecule has 184 valence electrons. The van der Waals surface area contributed by atoms with Gasteiger partial charge in [0, 0.05) is 5.69 Å². The van der Waals surface area contributed by atoms with Crippen molar-refractivity contribution >= 4 is 23.4 Å². The summed E-state index contributed by atoms with van der Waals surface area (Å²) in [4.78, 5) is 11.5. The molecule has 0 heterocycles. The number of anilines is 1. The SMILES string of the molecule is COc1ccc(NC(=O)OC(C(F)(F)F)(C(F)(F)F)C(F)(F)C(F)(F)C(F)(F)F)cc1Cl.